The van der Waals surface area contributed by atoms with Gasteiger partial charge in [0.05, 0.1) is 17.8 Å². The Labute approximate surface area is 171 Å². The SMILES string of the molecule is [C-]#[N+]C1(CC(=O)c2cnc3[nH]nc(N4CCC[C@@H]4c4cc(F)ccc4F)c3c2)CC1. The molecular weight excluding hydrogens is 388 g/mol. The predicted molar refractivity (Wildman–Crippen MR) is 107 cm³/mol. The maximum atomic E-state index is 14.4. The minimum Gasteiger partial charge on any atom is -0.347 e. The molecule has 1 aromatic carbocycles. The van der Waals surface area contributed by atoms with Gasteiger partial charge in [0.2, 0.25) is 5.54 Å². The summed E-state index contributed by atoms with van der Waals surface area (Å²) in [5.74, 6) is -0.465. The van der Waals surface area contributed by atoms with Gasteiger partial charge in [-0.05, 0) is 37.1 Å². The van der Waals surface area contributed by atoms with Crippen molar-refractivity contribution >= 4 is 22.6 Å². The van der Waals surface area contributed by atoms with Crippen LogP contribution in [0.5, 0.6) is 0 Å². The highest BCUT2D eigenvalue weighted by atomic mass is 19.1. The van der Waals surface area contributed by atoms with Gasteiger partial charge in [0.15, 0.2) is 17.2 Å². The monoisotopic (exact) mass is 407 g/mol. The van der Waals surface area contributed by atoms with Crippen LogP contribution in [0.1, 0.15) is 54.1 Å². The summed E-state index contributed by atoms with van der Waals surface area (Å²) in [6.45, 7) is 7.93. The summed E-state index contributed by atoms with van der Waals surface area (Å²) >= 11 is 0. The van der Waals surface area contributed by atoms with E-state index in [1.54, 1.807) is 6.07 Å². The molecule has 0 amide bonds. The van der Waals surface area contributed by atoms with Crippen LogP contribution in [0.3, 0.4) is 0 Å². The third-order valence-corrected chi connectivity index (χ3v) is 6.11. The van der Waals surface area contributed by atoms with Crippen molar-refractivity contribution in [3.63, 3.8) is 0 Å². The van der Waals surface area contributed by atoms with Crippen LogP contribution in [0, 0.1) is 18.2 Å². The normalized spacial score (nSPS) is 19.8. The van der Waals surface area contributed by atoms with E-state index in [-0.39, 0.29) is 18.2 Å². The molecule has 1 N–H and O–H groups in total. The van der Waals surface area contributed by atoms with E-state index in [9.17, 15) is 13.6 Å². The van der Waals surface area contributed by atoms with Gasteiger partial charge in [0.1, 0.15) is 11.6 Å². The van der Waals surface area contributed by atoms with Gasteiger partial charge < -0.3 is 9.74 Å². The zero-order valence-electron chi connectivity index (χ0n) is 16.2. The Morgan fingerprint density at radius 3 is 2.93 bits per heavy atom. The second-order valence-electron chi connectivity index (χ2n) is 8.12. The van der Waals surface area contributed by atoms with Gasteiger partial charge in [-0.15, -0.1) is 0 Å². The van der Waals surface area contributed by atoms with Crippen molar-refractivity contribution in [1.29, 1.82) is 0 Å². The summed E-state index contributed by atoms with van der Waals surface area (Å²) in [6, 6.07) is 4.89. The van der Waals surface area contributed by atoms with Gasteiger partial charge in [-0.3, -0.25) is 9.89 Å². The lowest BCUT2D eigenvalue weighted by Crippen LogP contribution is -2.24. The highest BCUT2D eigenvalue weighted by molar-refractivity contribution is 6.01. The number of hydrogen-bond donors (Lipinski definition) is 1. The van der Waals surface area contributed by atoms with Crippen molar-refractivity contribution in [2.45, 2.75) is 43.7 Å². The molecule has 6 nitrogen and oxygen atoms in total. The highest BCUT2D eigenvalue weighted by Crippen LogP contribution is 2.44. The number of fused-ring (bicyclic) bond motifs is 1. The minimum atomic E-state index is -0.541. The first kappa shape index (κ1) is 18.7. The number of H-pyrrole nitrogens is 1. The van der Waals surface area contributed by atoms with Crippen LogP contribution in [0.4, 0.5) is 14.6 Å². The summed E-state index contributed by atoms with van der Waals surface area (Å²) in [7, 11) is 0. The topological polar surface area (TPSA) is 66.2 Å². The van der Waals surface area contributed by atoms with E-state index in [4.69, 9.17) is 6.57 Å². The third-order valence-electron chi connectivity index (χ3n) is 6.11. The molecule has 3 aromatic rings. The molecule has 0 radical (unpaired) electrons. The summed E-state index contributed by atoms with van der Waals surface area (Å²) in [5, 5.41) is 7.91. The molecule has 0 unspecified atom stereocenters. The Bertz CT molecular complexity index is 1190. The molecule has 2 fully saturated rings. The fraction of sp³-hybridized carbons (Fsp3) is 0.364. The quantitative estimate of drug-likeness (QED) is 0.496. The first-order valence-corrected chi connectivity index (χ1v) is 9.97. The summed E-state index contributed by atoms with van der Waals surface area (Å²) < 4.78 is 28.2. The van der Waals surface area contributed by atoms with Crippen molar-refractivity contribution in [2.24, 2.45) is 0 Å². The van der Waals surface area contributed by atoms with E-state index in [1.165, 1.54) is 12.3 Å². The minimum absolute atomic E-state index is 0.112. The number of Topliss-reactive ketones (excluding diaryl/α,β-unsaturated/α-hetero) is 1. The standard InChI is InChI=1S/C22H19F2N5O/c1-25-22(6-7-22)11-19(30)13-9-16-20(26-12-13)27-28-21(16)29-8-2-3-18(29)15-10-14(23)4-5-17(15)24/h4-5,9-10,12,18H,2-3,6-8,11H2,(H,26,27,28)/t18-/m1/s1. The van der Waals surface area contributed by atoms with Crippen molar-refractivity contribution < 1.29 is 13.6 Å². The van der Waals surface area contributed by atoms with E-state index < -0.39 is 17.2 Å². The zero-order chi connectivity index (χ0) is 20.9. The number of halogens is 2. The zero-order valence-corrected chi connectivity index (χ0v) is 16.2. The number of ketones is 1. The molecular formula is C22H19F2N5O. The molecule has 30 heavy (non-hydrogen) atoms. The molecule has 0 spiro atoms. The van der Waals surface area contributed by atoms with Crippen LogP contribution in [0.25, 0.3) is 15.9 Å². The molecule has 152 valence electrons. The molecule has 1 saturated heterocycles. The molecule has 1 atom stereocenters. The van der Waals surface area contributed by atoms with Crippen LogP contribution >= 0.6 is 0 Å². The molecule has 2 aromatic heterocycles. The van der Waals surface area contributed by atoms with Crippen LogP contribution < -0.4 is 4.90 Å². The fourth-order valence-electron chi connectivity index (χ4n) is 4.25. The van der Waals surface area contributed by atoms with Crippen LogP contribution in [-0.2, 0) is 0 Å². The lowest BCUT2D eigenvalue weighted by Gasteiger charge is -2.25. The number of nitrogens with one attached hydrogen (secondary N) is 1. The third kappa shape index (κ3) is 3.11. The Hall–Kier alpha value is -3.34. The number of rotatable bonds is 5. The van der Waals surface area contributed by atoms with E-state index in [0.29, 0.717) is 40.9 Å². The number of hydrogen-bond acceptors (Lipinski definition) is 4. The Kier molecular flexibility index (Phi) is 4.28. The van der Waals surface area contributed by atoms with Crippen molar-refractivity contribution in [3.8, 4) is 0 Å². The van der Waals surface area contributed by atoms with Crippen molar-refractivity contribution in [2.75, 3.05) is 11.4 Å². The number of benzene rings is 1. The lowest BCUT2D eigenvalue weighted by atomic mass is 10.0. The first-order valence-electron chi connectivity index (χ1n) is 9.97. The number of anilines is 1. The second-order valence-corrected chi connectivity index (χ2v) is 8.12. The summed E-state index contributed by atoms with van der Waals surface area (Å²) in [5.41, 5.74) is 0.725. The van der Waals surface area contributed by atoms with E-state index in [2.05, 4.69) is 20.0 Å². The Balaban J connectivity index is 1.50. The Morgan fingerprint density at radius 1 is 1.33 bits per heavy atom. The maximum absolute atomic E-state index is 14.4. The molecule has 3 heterocycles. The first-order chi connectivity index (χ1) is 14.5. The molecule has 1 saturated carbocycles. The Morgan fingerprint density at radius 2 is 2.17 bits per heavy atom. The summed E-state index contributed by atoms with van der Waals surface area (Å²) in [6.07, 6.45) is 4.69. The average molecular weight is 407 g/mol. The fourth-order valence-corrected chi connectivity index (χ4v) is 4.25. The lowest BCUT2D eigenvalue weighted by molar-refractivity contribution is 0.0975. The second kappa shape index (κ2) is 6.87. The van der Waals surface area contributed by atoms with E-state index >= 15 is 0 Å². The van der Waals surface area contributed by atoms with Crippen molar-refractivity contribution in [1.82, 2.24) is 15.2 Å². The number of nitrogens with zero attached hydrogens (tertiary/aromatic N) is 4. The predicted octanol–water partition coefficient (Wildman–Crippen LogP) is 4.60. The molecule has 5 rings (SSSR count). The van der Waals surface area contributed by atoms with Gasteiger partial charge in [0.25, 0.3) is 0 Å². The number of carbonyl (C=O) groups is 1. The number of carbonyl (C=O) groups excluding carboxylic acids is 1. The highest BCUT2D eigenvalue weighted by Gasteiger charge is 2.52. The molecule has 2 aliphatic rings. The number of pyridine rings is 1. The number of aromatic amines is 1. The largest absolute Gasteiger partial charge is 0.347 e. The van der Waals surface area contributed by atoms with Gasteiger partial charge in [0, 0.05) is 36.7 Å². The summed E-state index contributed by atoms with van der Waals surface area (Å²) in [4.78, 5) is 22.6. The van der Waals surface area contributed by atoms with Crippen molar-refractivity contribution in [3.05, 3.63) is 64.6 Å². The van der Waals surface area contributed by atoms with Gasteiger partial charge in [-0.25, -0.2) is 20.3 Å². The van der Waals surface area contributed by atoms with Crippen LogP contribution in [0.2, 0.25) is 0 Å². The van der Waals surface area contributed by atoms with Crippen LogP contribution in [0.15, 0.2) is 30.5 Å². The molecule has 1 aliphatic carbocycles. The maximum Gasteiger partial charge on any atom is 0.240 e. The van der Waals surface area contributed by atoms with Gasteiger partial charge >= 0.3 is 0 Å². The average Bonchev–Trinajstić information content (AvgIpc) is 3.16. The van der Waals surface area contributed by atoms with E-state index in [0.717, 1.165) is 31.4 Å². The molecule has 8 heteroatoms. The van der Waals surface area contributed by atoms with E-state index in [1.807, 2.05) is 4.90 Å². The van der Waals surface area contributed by atoms with Crippen LogP contribution in [-0.4, -0.2) is 33.0 Å². The smallest absolute Gasteiger partial charge is 0.240 e. The molecule has 1 aliphatic heterocycles. The van der Waals surface area contributed by atoms with Gasteiger partial charge in [-0.2, -0.15) is 5.10 Å². The van der Waals surface area contributed by atoms with Gasteiger partial charge in [-0.1, -0.05) is 0 Å². The molecule has 0 bridgehead atoms. The number of aromatic nitrogens is 3.